The fraction of sp³-hybridized carbons (Fsp3) is 0.263. The Kier molecular flexibility index (Phi) is 6.08. The zero-order valence-corrected chi connectivity index (χ0v) is 16.5. The standard InChI is InChI=1S/C19H19Cl2N3O3/c1-3-24-17(16(21)10-22-24)11-23(2)19(25)18-9-8-15(27-18)12-26-14-6-4-13(20)5-7-14/h4-10H,3,11-12H2,1-2H3. The molecule has 27 heavy (non-hydrogen) atoms. The number of amides is 1. The van der Waals surface area contributed by atoms with Crippen molar-refractivity contribution in [3.05, 3.63) is 69.9 Å². The summed E-state index contributed by atoms with van der Waals surface area (Å²) in [6.45, 7) is 3.20. The number of carbonyl (C=O) groups excluding carboxylic acids is 1. The van der Waals surface area contributed by atoms with E-state index in [1.54, 1.807) is 54.3 Å². The largest absolute Gasteiger partial charge is 0.486 e. The van der Waals surface area contributed by atoms with E-state index in [0.717, 1.165) is 5.69 Å². The van der Waals surface area contributed by atoms with Crippen LogP contribution in [0, 0.1) is 0 Å². The third-order valence-electron chi connectivity index (χ3n) is 4.00. The van der Waals surface area contributed by atoms with Crippen LogP contribution in [0.5, 0.6) is 5.75 Å². The van der Waals surface area contributed by atoms with Gasteiger partial charge < -0.3 is 14.1 Å². The maximum Gasteiger partial charge on any atom is 0.289 e. The molecule has 0 atom stereocenters. The lowest BCUT2D eigenvalue weighted by Gasteiger charge is -2.16. The highest BCUT2D eigenvalue weighted by atomic mass is 35.5. The highest BCUT2D eigenvalue weighted by molar-refractivity contribution is 6.31. The van der Waals surface area contributed by atoms with Crippen molar-refractivity contribution in [2.24, 2.45) is 0 Å². The quantitative estimate of drug-likeness (QED) is 0.571. The third kappa shape index (κ3) is 4.64. The first-order valence-corrected chi connectivity index (χ1v) is 9.16. The molecule has 1 amide bonds. The van der Waals surface area contributed by atoms with E-state index >= 15 is 0 Å². The number of benzene rings is 1. The Hall–Kier alpha value is -2.44. The monoisotopic (exact) mass is 407 g/mol. The lowest BCUT2D eigenvalue weighted by Crippen LogP contribution is -2.27. The number of rotatable bonds is 7. The van der Waals surface area contributed by atoms with Crippen LogP contribution in [0.2, 0.25) is 10.0 Å². The fourth-order valence-electron chi connectivity index (χ4n) is 2.56. The maximum absolute atomic E-state index is 12.6. The van der Waals surface area contributed by atoms with Crippen LogP contribution in [0.4, 0.5) is 0 Å². The molecule has 0 bridgehead atoms. The van der Waals surface area contributed by atoms with Gasteiger partial charge in [0, 0.05) is 18.6 Å². The predicted molar refractivity (Wildman–Crippen MR) is 103 cm³/mol. The van der Waals surface area contributed by atoms with Gasteiger partial charge in [-0.25, -0.2) is 0 Å². The van der Waals surface area contributed by atoms with Gasteiger partial charge >= 0.3 is 0 Å². The molecule has 0 fully saturated rings. The van der Waals surface area contributed by atoms with Crippen molar-refractivity contribution in [3.63, 3.8) is 0 Å². The molecule has 0 spiro atoms. The van der Waals surface area contributed by atoms with Crippen LogP contribution in [0.25, 0.3) is 0 Å². The molecule has 0 radical (unpaired) electrons. The highest BCUT2D eigenvalue weighted by Gasteiger charge is 2.19. The summed E-state index contributed by atoms with van der Waals surface area (Å²) in [5, 5.41) is 5.36. The second-order valence-electron chi connectivity index (χ2n) is 5.92. The molecular weight excluding hydrogens is 389 g/mol. The zero-order chi connectivity index (χ0) is 19.4. The SMILES string of the molecule is CCn1ncc(Cl)c1CN(C)C(=O)c1ccc(COc2ccc(Cl)cc2)o1. The van der Waals surface area contributed by atoms with E-state index in [-0.39, 0.29) is 18.3 Å². The van der Waals surface area contributed by atoms with Gasteiger partial charge in [0.2, 0.25) is 0 Å². The molecule has 2 aromatic heterocycles. The molecule has 0 aliphatic heterocycles. The van der Waals surface area contributed by atoms with Crippen LogP contribution in [0.15, 0.2) is 47.0 Å². The number of nitrogens with zero attached hydrogens (tertiary/aromatic N) is 3. The first-order valence-electron chi connectivity index (χ1n) is 8.40. The molecule has 3 aromatic rings. The number of ether oxygens (including phenoxy) is 1. The number of aryl methyl sites for hydroxylation is 1. The van der Waals surface area contributed by atoms with Gasteiger partial charge in [0.05, 0.1) is 23.5 Å². The Labute approximate surface area is 167 Å². The highest BCUT2D eigenvalue weighted by Crippen LogP contribution is 2.20. The van der Waals surface area contributed by atoms with Gasteiger partial charge in [0.1, 0.15) is 18.1 Å². The topological polar surface area (TPSA) is 60.5 Å². The van der Waals surface area contributed by atoms with E-state index < -0.39 is 0 Å². The Morgan fingerprint density at radius 2 is 1.96 bits per heavy atom. The number of carbonyl (C=O) groups is 1. The molecular formula is C19H19Cl2N3O3. The smallest absolute Gasteiger partial charge is 0.289 e. The maximum atomic E-state index is 12.6. The van der Waals surface area contributed by atoms with Crippen molar-refractivity contribution >= 4 is 29.1 Å². The van der Waals surface area contributed by atoms with Gasteiger partial charge in [-0.15, -0.1) is 0 Å². The number of hydrogen-bond donors (Lipinski definition) is 0. The van der Waals surface area contributed by atoms with Gasteiger partial charge in [-0.3, -0.25) is 9.48 Å². The molecule has 142 valence electrons. The number of aromatic nitrogens is 2. The van der Waals surface area contributed by atoms with Crippen LogP contribution in [0.3, 0.4) is 0 Å². The number of hydrogen-bond acceptors (Lipinski definition) is 4. The summed E-state index contributed by atoms with van der Waals surface area (Å²) in [6.07, 6.45) is 1.58. The lowest BCUT2D eigenvalue weighted by molar-refractivity contribution is 0.0745. The molecule has 2 heterocycles. The van der Waals surface area contributed by atoms with Gasteiger partial charge in [0.25, 0.3) is 5.91 Å². The summed E-state index contributed by atoms with van der Waals surface area (Å²) in [5.41, 5.74) is 0.785. The third-order valence-corrected chi connectivity index (χ3v) is 4.57. The second kappa shape index (κ2) is 8.50. The van der Waals surface area contributed by atoms with Crippen LogP contribution in [-0.2, 0) is 19.7 Å². The number of furan rings is 1. The summed E-state index contributed by atoms with van der Waals surface area (Å²) in [4.78, 5) is 14.2. The minimum Gasteiger partial charge on any atom is -0.486 e. The first-order chi connectivity index (χ1) is 13.0. The fourth-order valence-corrected chi connectivity index (χ4v) is 2.88. The van der Waals surface area contributed by atoms with Crippen molar-refractivity contribution in [3.8, 4) is 5.75 Å². The summed E-state index contributed by atoms with van der Waals surface area (Å²) in [6, 6.07) is 10.4. The molecule has 0 saturated heterocycles. The molecule has 0 unspecified atom stereocenters. The summed E-state index contributed by atoms with van der Waals surface area (Å²) in [5.74, 6) is 1.22. The molecule has 0 aliphatic rings. The van der Waals surface area contributed by atoms with E-state index in [9.17, 15) is 4.79 Å². The van der Waals surface area contributed by atoms with Gasteiger partial charge in [-0.05, 0) is 43.3 Å². The van der Waals surface area contributed by atoms with E-state index in [2.05, 4.69) is 5.10 Å². The van der Waals surface area contributed by atoms with Crippen molar-refractivity contribution in [2.45, 2.75) is 26.6 Å². The van der Waals surface area contributed by atoms with E-state index in [0.29, 0.717) is 34.6 Å². The predicted octanol–water partition coefficient (Wildman–Crippen LogP) is 4.65. The zero-order valence-electron chi connectivity index (χ0n) is 15.0. The van der Waals surface area contributed by atoms with Crippen molar-refractivity contribution in [1.82, 2.24) is 14.7 Å². The van der Waals surface area contributed by atoms with Crippen LogP contribution in [0.1, 0.15) is 28.9 Å². The van der Waals surface area contributed by atoms with Crippen molar-refractivity contribution in [2.75, 3.05) is 7.05 Å². The minimum absolute atomic E-state index is 0.215. The molecule has 6 nitrogen and oxygen atoms in total. The molecule has 1 aromatic carbocycles. The summed E-state index contributed by atoms with van der Waals surface area (Å²) in [7, 11) is 1.69. The molecule has 0 saturated carbocycles. The Morgan fingerprint density at radius 3 is 2.67 bits per heavy atom. The average Bonchev–Trinajstić information content (AvgIpc) is 3.28. The van der Waals surface area contributed by atoms with Crippen LogP contribution < -0.4 is 4.74 Å². The summed E-state index contributed by atoms with van der Waals surface area (Å²) < 4.78 is 13.0. The normalized spacial score (nSPS) is 10.8. The summed E-state index contributed by atoms with van der Waals surface area (Å²) >= 11 is 12.0. The van der Waals surface area contributed by atoms with E-state index in [1.807, 2.05) is 6.92 Å². The molecule has 0 aliphatic carbocycles. The van der Waals surface area contributed by atoms with E-state index in [1.165, 1.54) is 4.90 Å². The minimum atomic E-state index is -0.243. The Balaban J connectivity index is 1.62. The van der Waals surface area contributed by atoms with Crippen molar-refractivity contribution in [1.29, 1.82) is 0 Å². The van der Waals surface area contributed by atoms with Gasteiger partial charge in [0.15, 0.2) is 5.76 Å². The molecule has 8 heteroatoms. The lowest BCUT2D eigenvalue weighted by atomic mass is 10.3. The van der Waals surface area contributed by atoms with Crippen LogP contribution in [-0.4, -0.2) is 27.6 Å². The second-order valence-corrected chi connectivity index (χ2v) is 6.77. The van der Waals surface area contributed by atoms with Gasteiger partial charge in [-0.1, -0.05) is 23.2 Å². The van der Waals surface area contributed by atoms with Crippen LogP contribution >= 0.6 is 23.2 Å². The average molecular weight is 408 g/mol. The van der Waals surface area contributed by atoms with Crippen molar-refractivity contribution < 1.29 is 13.9 Å². The Morgan fingerprint density at radius 1 is 1.22 bits per heavy atom. The van der Waals surface area contributed by atoms with Gasteiger partial charge in [-0.2, -0.15) is 5.10 Å². The molecule has 0 N–H and O–H groups in total. The Bertz CT molecular complexity index is 919. The first kappa shape index (κ1) is 19.3. The van der Waals surface area contributed by atoms with E-state index in [4.69, 9.17) is 32.4 Å². The molecule has 3 rings (SSSR count). The number of halogens is 2.